The molecule has 26 heavy (non-hydrogen) atoms. The summed E-state index contributed by atoms with van der Waals surface area (Å²) in [6.07, 6.45) is 5.96. The van der Waals surface area contributed by atoms with Crippen molar-refractivity contribution in [3.05, 3.63) is 35.9 Å². The van der Waals surface area contributed by atoms with E-state index in [1.54, 1.807) is 9.80 Å². The van der Waals surface area contributed by atoms with Gasteiger partial charge in [0.1, 0.15) is 6.29 Å². The number of amides is 2. The number of hydrogen-bond donors (Lipinski definition) is 0. The third kappa shape index (κ3) is 3.97. The van der Waals surface area contributed by atoms with Crippen LogP contribution in [0.2, 0.25) is 0 Å². The summed E-state index contributed by atoms with van der Waals surface area (Å²) in [5.41, 5.74) is 1.09. The third-order valence-corrected chi connectivity index (χ3v) is 5.78. The Kier molecular flexibility index (Phi) is 6.07. The predicted octanol–water partition coefficient (Wildman–Crippen LogP) is 2.64. The maximum atomic E-state index is 13.1. The van der Waals surface area contributed by atoms with Crippen LogP contribution < -0.4 is 0 Å². The second-order valence-corrected chi connectivity index (χ2v) is 7.55. The van der Waals surface area contributed by atoms with Crippen LogP contribution in [0.3, 0.4) is 0 Å². The van der Waals surface area contributed by atoms with Gasteiger partial charge in [-0.25, -0.2) is 0 Å². The van der Waals surface area contributed by atoms with Crippen molar-refractivity contribution < 1.29 is 14.4 Å². The SMILES string of the molecule is CN(Cc1ccccc1)C(=O)C1CCCCC1C(=O)N1CCC[C@H]1C=O. The maximum absolute atomic E-state index is 13.1. The molecule has 2 amide bonds. The van der Waals surface area contributed by atoms with Gasteiger partial charge in [0, 0.05) is 32.0 Å². The van der Waals surface area contributed by atoms with Crippen LogP contribution in [0.4, 0.5) is 0 Å². The van der Waals surface area contributed by atoms with Crippen LogP contribution in [-0.2, 0) is 20.9 Å². The quantitative estimate of drug-likeness (QED) is 0.762. The largest absolute Gasteiger partial charge is 0.341 e. The minimum Gasteiger partial charge on any atom is -0.341 e. The fraction of sp³-hybridized carbons (Fsp3) is 0.571. The van der Waals surface area contributed by atoms with Crippen molar-refractivity contribution >= 4 is 18.1 Å². The van der Waals surface area contributed by atoms with Gasteiger partial charge >= 0.3 is 0 Å². The minimum atomic E-state index is -0.303. The van der Waals surface area contributed by atoms with Gasteiger partial charge in [-0.2, -0.15) is 0 Å². The van der Waals surface area contributed by atoms with Gasteiger partial charge in [-0.3, -0.25) is 9.59 Å². The molecule has 3 atom stereocenters. The number of hydrogen-bond acceptors (Lipinski definition) is 3. The van der Waals surface area contributed by atoms with Crippen LogP contribution in [-0.4, -0.2) is 47.5 Å². The van der Waals surface area contributed by atoms with E-state index in [0.717, 1.165) is 50.4 Å². The molecule has 140 valence electrons. The zero-order valence-electron chi connectivity index (χ0n) is 15.5. The molecule has 5 heteroatoms. The molecule has 1 aliphatic carbocycles. The van der Waals surface area contributed by atoms with Gasteiger partial charge in [-0.05, 0) is 31.2 Å². The third-order valence-electron chi connectivity index (χ3n) is 5.78. The second kappa shape index (κ2) is 8.47. The Morgan fingerprint density at radius 2 is 1.77 bits per heavy atom. The number of likely N-dealkylation sites (tertiary alicyclic amines) is 1. The van der Waals surface area contributed by atoms with Gasteiger partial charge in [0.15, 0.2) is 0 Å². The van der Waals surface area contributed by atoms with E-state index in [1.807, 2.05) is 37.4 Å². The summed E-state index contributed by atoms with van der Waals surface area (Å²) < 4.78 is 0. The smallest absolute Gasteiger partial charge is 0.227 e. The molecule has 1 heterocycles. The molecule has 3 rings (SSSR count). The summed E-state index contributed by atoms with van der Waals surface area (Å²) in [4.78, 5) is 40.8. The van der Waals surface area contributed by atoms with Crippen molar-refractivity contribution in [1.29, 1.82) is 0 Å². The van der Waals surface area contributed by atoms with Gasteiger partial charge in [0.25, 0.3) is 0 Å². The average molecular weight is 356 g/mol. The van der Waals surface area contributed by atoms with Gasteiger partial charge in [-0.1, -0.05) is 43.2 Å². The number of benzene rings is 1. The average Bonchev–Trinajstić information content (AvgIpc) is 3.16. The molecule has 2 unspecified atom stereocenters. The first-order chi connectivity index (χ1) is 12.6. The summed E-state index contributed by atoms with van der Waals surface area (Å²) in [5.74, 6) is -0.493. The highest BCUT2D eigenvalue weighted by Gasteiger charge is 2.41. The molecular weight excluding hydrogens is 328 g/mol. The fourth-order valence-electron chi connectivity index (χ4n) is 4.36. The van der Waals surface area contributed by atoms with E-state index in [-0.39, 0.29) is 29.7 Å². The van der Waals surface area contributed by atoms with E-state index in [2.05, 4.69) is 0 Å². The minimum absolute atomic E-state index is 0.00533. The molecule has 2 aliphatic rings. The molecule has 0 bridgehead atoms. The van der Waals surface area contributed by atoms with E-state index in [9.17, 15) is 14.4 Å². The number of nitrogens with zero attached hydrogens (tertiary/aromatic N) is 2. The normalized spacial score (nSPS) is 25.7. The molecule has 0 radical (unpaired) electrons. The van der Waals surface area contributed by atoms with Gasteiger partial charge in [0.05, 0.1) is 6.04 Å². The molecular formula is C21H28N2O3. The summed E-state index contributed by atoms with van der Waals surface area (Å²) in [5, 5.41) is 0. The van der Waals surface area contributed by atoms with Crippen molar-refractivity contribution in [1.82, 2.24) is 9.80 Å². The Morgan fingerprint density at radius 1 is 1.08 bits per heavy atom. The molecule has 1 aromatic rings. The molecule has 1 saturated heterocycles. The van der Waals surface area contributed by atoms with Crippen LogP contribution in [0.25, 0.3) is 0 Å². The number of carbonyl (C=O) groups is 3. The number of rotatable bonds is 5. The Morgan fingerprint density at radius 3 is 2.46 bits per heavy atom. The summed E-state index contributed by atoms with van der Waals surface area (Å²) in [6.45, 7) is 1.19. The Labute approximate surface area is 155 Å². The highest BCUT2D eigenvalue weighted by molar-refractivity contribution is 5.89. The first kappa shape index (κ1) is 18.6. The lowest BCUT2D eigenvalue weighted by atomic mass is 9.77. The van der Waals surface area contributed by atoms with E-state index >= 15 is 0 Å². The molecule has 0 aromatic heterocycles. The van der Waals surface area contributed by atoms with E-state index in [0.29, 0.717) is 13.1 Å². The molecule has 1 aromatic carbocycles. The highest BCUT2D eigenvalue weighted by Crippen LogP contribution is 2.34. The second-order valence-electron chi connectivity index (χ2n) is 7.55. The van der Waals surface area contributed by atoms with Crippen LogP contribution in [0.1, 0.15) is 44.1 Å². The van der Waals surface area contributed by atoms with E-state index in [1.165, 1.54) is 0 Å². The van der Waals surface area contributed by atoms with Crippen molar-refractivity contribution in [3.63, 3.8) is 0 Å². The van der Waals surface area contributed by atoms with Crippen molar-refractivity contribution in [2.45, 2.75) is 51.1 Å². The lowest BCUT2D eigenvalue weighted by Gasteiger charge is -2.35. The molecule has 0 N–H and O–H groups in total. The molecule has 5 nitrogen and oxygen atoms in total. The zero-order valence-corrected chi connectivity index (χ0v) is 15.5. The van der Waals surface area contributed by atoms with E-state index in [4.69, 9.17) is 0 Å². The van der Waals surface area contributed by atoms with Gasteiger partial charge in [-0.15, -0.1) is 0 Å². The first-order valence-corrected chi connectivity index (χ1v) is 9.66. The Hall–Kier alpha value is -2.17. The Bertz CT molecular complexity index is 646. The molecule has 1 saturated carbocycles. The topological polar surface area (TPSA) is 57.7 Å². The predicted molar refractivity (Wildman–Crippen MR) is 99.2 cm³/mol. The summed E-state index contributed by atoms with van der Waals surface area (Å²) in [6, 6.07) is 9.60. The van der Waals surface area contributed by atoms with Crippen molar-refractivity contribution in [3.8, 4) is 0 Å². The standard InChI is InChI=1S/C21H28N2O3/c1-22(14-16-8-3-2-4-9-16)20(25)18-11-5-6-12-19(18)21(26)23-13-7-10-17(23)15-24/h2-4,8-9,15,17-19H,5-7,10-14H2,1H3/t17-,18?,19?/m0/s1. The summed E-state index contributed by atoms with van der Waals surface area (Å²) >= 11 is 0. The zero-order chi connectivity index (χ0) is 18.5. The number of aldehydes is 1. The van der Waals surface area contributed by atoms with Crippen molar-refractivity contribution in [2.75, 3.05) is 13.6 Å². The first-order valence-electron chi connectivity index (χ1n) is 9.66. The summed E-state index contributed by atoms with van der Waals surface area (Å²) in [7, 11) is 1.82. The Balaban J connectivity index is 1.70. The molecule has 2 fully saturated rings. The highest BCUT2D eigenvalue weighted by atomic mass is 16.2. The molecule has 0 spiro atoms. The van der Waals surface area contributed by atoms with Gasteiger partial charge in [0.2, 0.25) is 11.8 Å². The van der Waals surface area contributed by atoms with Crippen LogP contribution in [0, 0.1) is 11.8 Å². The van der Waals surface area contributed by atoms with Crippen LogP contribution >= 0.6 is 0 Å². The molecule has 1 aliphatic heterocycles. The lowest BCUT2D eigenvalue weighted by molar-refractivity contribution is -0.148. The monoisotopic (exact) mass is 356 g/mol. The van der Waals surface area contributed by atoms with Crippen molar-refractivity contribution in [2.24, 2.45) is 11.8 Å². The van der Waals surface area contributed by atoms with Crippen LogP contribution in [0.5, 0.6) is 0 Å². The number of carbonyl (C=O) groups excluding carboxylic acids is 3. The maximum Gasteiger partial charge on any atom is 0.227 e. The fourth-order valence-corrected chi connectivity index (χ4v) is 4.36. The van der Waals surface area contributed by atoms with Crippen LogP contribution in [0.15, 0.2) is 30.3 Å². The van der Waals surface area contributed by atoms with E-state index < -0.39 is 0 Å². The lowest BCUT2D eigenvalue weighted by Crippen LogP contribution is -2.47. The van der Waals surface area contributed by atoms with Gasteiger partial charge < -0.3 is 14.6 Å².